The Morgan fingerprint density at radius 3 is 2.75 bits per heavy atom. The van der Waals surface area contributed by atoms with E-state index < -0.39 is 17.7 Å². The topological polar surface area (TPSA) is 44.3 Å². The zero-order chi connectivity index (χ0) is 11.7. The second kappa shape index (κ2) is 4.65. The van der Waals surface area contributed by atoms with E-state index in [-0.39, 0.29) is 15.8 Å². The number of hydrogen-bond acceptors (Lipinski definition) is 3. The molecule has 0 radical (unpaired) electrons. The zero-order valence-corrected chi connectivity index (χ0v) is 9.94. The Morgan fingerprint density at radius 2 is 2.12 bits per heavy atom. The second-order valence-electron chi connectivity index (χ2n) is 3.63. The minimum absolute atomic E-state index is 0.0286. The predicted molar refractivity (Wildman–Crippen MR) is 59.3 cm³/mol. The molecule has 0 aliphatic carbocycles. The summed E-state index contributed by atoms with van der Waals surface area (Å²) < 4.78 is 27.0. The summed E-state index contributed by atoms with van der Waals surface area (Å²) in [6.45, 7) is 1.88. The van der Waals surface area contributed by atoms with Crippen molar-refractivity contribution in [3.05, 3.63) is 27.7 Å². The molecule has 88 valence electrons. The van der Waals surface area contributed by atoms with Gasteiger partial charge in [0.05, 0.1) is 16.1 Å². The maximum absolute atomic E-state index is 13.6. The molecule has 16 heavy (non-hydrogen) atoms. The largest absolute Gasteiger partial charge is 0.506 e. The van der Waals surface area contributed by atoms with Crippen LogP contribution in [0.2, 0.25) is 0 Å². The fourth-order valence-electron chi connectivity index (χ4n) is 1.78. The van der Waals surface area contributed by atoms with Crippen LogP contribution >= 0.6 is 15.9 Å². The van der Waals surface area contributed by atoms with Gasteiger partial charge in [0.1, 0.15) is 5.75 Å². The molecule has 1 aromatic carbocycles. The van der Waals surface area contributed by atoms with Gasteiger partial charge in [0.2, 0.25) is 0 Å². The SMILES string of the molecule is Oc1c(Br)cc(F)c(F)c1[C@@H]1CNCCN1. The molecular weight excluding hydrogens is 282 g/mol. The van der Waals surface area contributed by atoms with Gasteiger partial charge in [-0.2, -0.15) is 0 Å². The van der Waals surface area contributed by atoms with E-state index in [4.69, 9.17) is 0 Å². The maximum Gasteiger partial charge on any atom is 0.167 e. The van der Waals surface area contributed by atoms with E-state index >= 15 is 0 Å². The molecule has 1 fully saturated rings. The van der Waals surface area contributed by atoms with E-state index in [1.165, 1.54) is 0 Å². The number of hydrogen-bond donors (Lipinski definition) is 3. The number of piperazine rings is 1. The quantitative estimate of drug-likeness (QED) is 0.690. The van der Waals surface area contributed by atoms with Crippen LogP contribution in [0.25, 0.3) is 0 Å². The minimum atomic E-state index is -0.998. The van der Waals surface area contributed by atoms with Crippen molar-refractivity contribution in [2.24, 2.45) is 0 Å². The first-order valence-corrected chi connectivity index (χ1v) is 5.71. The molecule has 6 heteroatoms. The van der Waals surface area contributed by atoms with E-state index in [2.05, 4.69) is 26.6 Å². The Labute approximate surface area is 100.0 Å². The van der Waals surface area contributed by atoms with E-state index in [0.29, 0.717) is 13.1 Å². The van der Waals surface area contributed by atoms with Gasteiger partial charge >= 0.3 is 0 Å². The molecular formula is C10H11BrF2N2O. The number of nitrogens with one attached hydrogen (secondary N) is 2. The Morgan fingerprint density at radius 1 is 1.38 bits per heavy atom. The van der Waals surface area contributed by atoms with Crippen LogP contribution in [0.5, 0.6) is 5.75 Å². The summed E-state index contributed by atoms with van der Waals surface area (Å²) in [5.41, 5.74) is -0.0286. The van der Waals surface area contributed by atoms with Gasteiger partial charge in [-0.05, 0) is 22.0 Å². The molecule has 0 saturated carbocycles. The van der Waals surface area contributed by atoms with Crippen LogP contribution < -0.4 is 10.6 Å². The number of rotatable bonds is 1. The highest BCUT2D eigenvalue weighted by molar-refractivity contribution is 9.10. The fraction of sp³-hybridized carbons (Fsp3) is 0.400. The zero-order valence-electron chi connectivity index (χ0n) is 8.36. The van der Waals surface area contributed by atoms with Gasteiger partial charge in [-0.25, -0.2) is 8.78 Å². The second-order valence-corrected chi connectivity index (χ2v) is 4.48. The summed E-state index contributed by atoms with van der Waals surface area (Å²) >= 11 is 2.99. The Hall–Kier alpha value is -0.720. The van der Waals surface area contributed by atoms with Gasteiger partial charge in [0.15, 0.2) is 11.6 Å². The van der Waals surface area contributed by atoms with Crippen LogP contribution in [0.15, 0.2) is 10.5 Å². The normalized spacial score (nSPS) is 21.1. The first-order valence-electron chi connectivity index (χ1n) is 4.91. The number of halogens is 3. The van der Waals surface area contributed by atoms with Gasteiger partial charge < -0.3 is 15.7 Å². The molecule has 2 rings (SSSR count). The summed E-state index contributed by atoms with van der Waals surface area (Å²) in [6.07, 6.45) is 0. The Kier molecular flexibility index (Phi) is 3.41. The van der Waals surface area contributed by atoms with E-state index in [0.717, 1.165) is 12.6 Å². The molecule has 0 spiro atoms. The highest BCUT2D eigenvalue weighted by Gasteiger charge is 2.25. The van der Waals surface area contributed by atoms with Gasteiger partial charge in [-0.1, -0.05) is 0 Å². The molecule has 3 nitrogen and oxygen atoms in total. The van der Waals surface area contributed by atoms with Gasteiger partial charge in [-0.3, -0.25) is 0 Å². The van der Waals surface area contributed by atoms with Crippen LogP contribution in [0, 0.1) is 11.6 Å². The summed E-state index contributed by atoms with van der Waals surface area (Å²) in [7, 11) is 0. The van der Waals surface area contributed by atoms with E-state index in [1.54, 1.807) is 0 Å². The van der Waals surface area contributed by atoms with Crippen LogP contribution in [0.4, 0.5) is 8.78 Å². The molecule has 3 N–H and O–H groups in total. The molecule has 1 aromatic rings. The molecule has 0 bridgehead atoms. The first-order chi connectivity index (χ1) is 7.61. The molecule has 0 amide bonds. The van der Waals surface area contributed by atoms with Crippen molar-refractivity contribution in [1.82, 2.24) is 10.6 Å². The molecule has 1 atom stereocenters. The van der Waals surface area contributed by atoms with Crippen molar-refractivity contribution in [1.29, 1.82) is 0 Å². The van der Waals surface area contributed by atoms with Gasteiger partial charge in [-0.15, -0.1) is 0 Å². The number of aromatic hydroxyl groups is 1. The monoisotopic (exact) mass is 292 g/mol. The number of phenols is 1. The molecule has 1 aliphatic heterocycles. The highest BCUT2D eigenvalue weighted by atomic mass is 79.9. The molecule has 0 aromatic heterocycles. The summed E-state index contributed by atoms with van der Waals surface area (Å²) in [4.78, 5) is 0. The van der Waals surface area contributed by atoms with Crippen LogP contribution in [0.1, 0.15) is 11.6 Å². The molecule has 1 heterocycles. The highest BCUT2D eigenvalue weighted by Crippen LogP contribution is 2.35. The number of benzene rings is 1. The average molecular weight is 293 g/mol. The van der Waals surface area contributed by atoms with Crippen molar-refractivity contribution in [3.63, 3.8) is 0 Å². The smallest absolute Gasteiger partial charge is 0.167 e. The fourth-order valence-corrected chi connectivity index (χ4v) is 2.19. The van der Waals surface area contributed by atoms with Crippen molar-refractivity contribution in [2.75, 3.05) is 19.6 Å². The Balaban J connectivity index is 2.45. The van der Waals surface area contributed by atoms with Gasteiger partial charge in [0, 0.05) is 19.6 Å². The number of phenolic OH excluding ortho intramolecular Hbond substituents is 1. The van der Waals surface area contributed by atoms with Gasteiger partial charge in [0.25, 0.3) is 0 Å². The minimum Gasteiger partial charge on any atom is -0.506 e. The Bertz CT molecular complexity index is 382. The van der Waals surface area contributed by atoms with Crippen molar-refractivity contribution < 1.29 is 13.9 Å². The van der Waals surface area contributed by atoms with Crippen LogP contribution in [-0.2, 0) is 0 Å². The molecule has 0 unspecified atom stereocenters. The van der Waals surface area contributed by atoms with Crippen molar-refractivity contribution in [2.45, 2.75) is 6.04 Å². The third kappa shape index (κ3) is 2.05. The lowest BCUT2D eigenvalue weighted by Gasteiger charge is -2.26. The lowest BCUT2D eigenvalue weighted by Crippen LogP contribution is -2.43. The maximum atomic E-state index is 13.6. The van der Waals surface area contributed by atoms with Crippen molar-refractivity contribution in [3.8, 4) is 5.75 Å². The summed E-state index contributed by atoms with van der Waals surface area (Å²) in [6, 6.07) is 0.505. The third-order valence-corrected chi connectivity index (χ3v) is 3.17. The lowest BCUT2D eigenvalue weighted by atomic mass is 10.0. The standard InChI is InChI=1S/C10H11BrF2N2O/c11-5-3-6(12)9(13)8(10(5)16)7-4-14-1-2-15-7/h3,7,14-16H,1-2,4H2/t7-/m0/s1. The molecule has 1 aliphatic rings. The van der Waals surface area contributed by atoms with Crippen molar-refractivity contribution >= 4 is 15.9 Å². The summed E-state index contributed by atoms with van der Waals surface area (Å²) in [5, 5.41) is 15.8. The van der Waals surface area contributed by atoms with Crippen LogP contribution in [-0.4, -0.2) is 24.7 Å². The average Bonchev–Trinajstić information content (AvgIpc) is 2.28. The third-order valence-electron chi connectivity index (χ3n) is 2.57. The van der Waals surface area contributed by atoms with E-state index in [1.807, 2.05) is 0 Å². The predicted octanol–water partition coefficient (Wildman–Crippen LogP) is 1.67. The van der Waals surface area contributed by atoms with E-state index in [9.17, 15) is 13.9 Å². The van der Waals surface area contributed by atoms with Crippen LogP contribution in [0.3, 0.4) is 0 Å². The lowest BCUT2D eigenvalue weighted by molar-refractivity contribution is 0.377. The molecule has 1 saturated heterocycles. The summed E-state index contributed by atoms with van der Waals surface area (Å²) in [5.74, 6) is -2.21. The first kappa shape index (κ1) is 11.8.